The largest absolute Gasteiger partial charge is 0.335 e. The minimum atomic E-state index is -0.400. The molecule has 1 aromatic rings. The van der Waals surface area contributed by atoms with Crippen molar-refractivity contribution in [1.82, 2.24) is 10.2 Å². The van der Waals surface area contributed by atoms with Gasteiger partial charge in [0.1, 0.15) is 0 Å². The number of non-ortho nitro benzene ring substituents is 1. The number of nitrogens with zero attached hydrogens (tertiary/aromatic N) is 2. The molecule has 1 amide bonds. The molecule has 1 saturated carbocycles. The fourth-order valence-electron chi connectivity index (χ4n) is 2.44. The zero-order valence-corrected chi connectivity index (χ0v) is 12.3. The van der Waals surface area contributed by atoms with Gasteiger partial charge in [0.25, 0.3) is 5.69 Å². The van der Waals surface area contributed by atoms with Crippen molar-refractivity contribution in [2.75, 3.05) is 13.1 Å². The highest BCUT2D eigenvalue weighted by molar-refractivity contribution is 5.85. The quantitative estimate of drug-likeness (QED) is 0.663. The Kier molecular flexibility index (Phi) is 4.80. The molecule has 2 aliphatic rings. The van der Waals surface area contributed by atoms with Crippen LogP contribution in [-0.2, 0) is 11.3 Å². The summed E-state index contributed by atoms with van der Waals surface area (Å²) in [5.74, 6) is 0.257. The van der Waals surface area contributed by atoms with E-state index in [-0.39, 0.29) is 29.9 Å². The third-order valence-corrected chi connectivity index (χ3v) is 3.88. The molecule has 1 saturated heterocycles. The maximum Gasteiger partial charge on any atom is 0.269 e. The van der Waals surface area contributed by atoms with Crippen molar-refractivity contribution < 1.29 is 9.72 Å². The second-order valence-electron chi connectivity index (χ2n) is 5.48. The number of benzene rings is 1. The Morgan fingerprint density at radius 2 is 2.10 bits per heavy atom. The van der Waals surface area contributed by atoms with E-state index in [0.29, 0.717) is 12.6 Å². The molecule has 21 heavy (non-hydrogen) atoms. The van der Waals surface area contributed by atoms with Crippen LogP contribution in [-0.4, -0.2) is 34.9 Å². The molecular weight excluding hydrogens is 294 g/mol. The van der Waals surface area contributed by atoms with Crippen molar-refractivity contribution in [3.05, 3.63) is 39.9 Å². The first-order valence-corrected chi connectivity index (χ1v) is 6.89. The van der Waals surface area contributed by atoms with Crippen LogP contribution in [0.25, 0.3) is 0 Å². The van der Waals surface area contributed by atoms with Crippen LogP contribution in [0, 0.1) is 16.0 Å². The first-order chi connectivity index (χ1) is 9.65. The van der Waals surface area contributed by atoms with E-state index in [9.17, 15) is 14.9 Å². The summed E-state index contributed by atoms with van der Waals surface area (Å²) >= 11 is 0. The SMILES string of the molecule is Cl.O=C(C1CNC1)N(Cc1cccc([N+](=O)[O-])c1)C1CC1. The minimum absolute atomic E-state index is 0. The number of amides is 1. The number of nitro benzene ring substituents is 1. The molecule has 1 aliphatic carbocycles. The van der Waals surface area contributed by atoms with Crippen LogP contribution in [0.15, 0.2) is 24.3 Å². The average molecular weight is 312 g/mol. The second-order valence-corrected chi connectivity index (χ2v) is 5.48. The number of halogens is 1. The summed E-state index contributed by atoms with van der Waals surface area (Å²) in [6.45, 7) is 1.97. The van der Waals surface area contributed by atoms with Crippen LogP contribution in [0.2, 0.25) is 0 Å². The summed E-state index contributed by atoms with van der Waals surface area (Å²) in [5, 5.41) is 13.9. The van der Waals surface area contributed by atoms with Gasteiger partial charge in [-0.3, -0.25) is 14.9 Å². The topological polar surface area (TPSA) is 75.5 Å². The Morgan fingerprint density at radius 3 is 2.62 bits per heavy atom. The minimum Gasteiger partial charge on any atom is -0.335 e. The van der Waals surface area contributed by atoms with Gasteiger partial charge in [0, 0.05) is 37.8 Å². The predicted molar refractivity (Wildman–Crippen MR) is 80.3 cm³/mol. The molecule has 114 valence electrons. The van der Waals surface area contributed by atoms with Crippen molar-refractivity contribution >= 4 is 24.0 Å². The molecule has 3 rings (SSSR count). The van der Waals surface area contributed by atoms with E-state index >= 15 is 0 Å². The smallest absolute Gasteiger partial charge is 0.269 e. The van der Waals surface area contributed by atoms with Gasteiger partial charge in [-0.1, -0.05) is 12.1 Å². The third kappa shape index (κ3) is 3.51. The normalized spacial score (nSPS) is 17.5. The Bertz CT molecular complexity index is 544. The van der Waals surface area contributed by atoms with Crippen LogP contribution in [0.3, 0.4) is 0 Å². The Hall–Kier alpha value is -1.66. The molecule has 0 bridgehead atoms. The van der Waals surface area contributed by atoms with Crippen molar-refractivity contribution in [3.8, 4) is 0 Å². The van der Waals surface area contributed by atoms with Crippen molar-refractivity contribution in [1.29, 1.82) is 0 Å². The molecule has 7 heteroatoms. The average Bonchev–Trinajstić information content (AvgIpc) is 3.18. The zero-order valence-electron chi connectivity index (χ0n) is 11.5. The molecule has 0 radical (unpaired) electrons. The molecule has 1 N–H and O–H groups in total. The Morgan fingerprint density at radius 1 is 1.38 bits per heavy atom. The van der Waals surface area contributed by atoms with Crippen LogP contribution < -0.4 is 5.32 Å². The molecule has 0 spiro atoms. The number of rotatable bonds is 5. The van der Waals surface area contributed by atoms with Crippen molar-refractivity contribution in [2.45, 2.75) is 25.4 Å². The van der Waals surface area contributed by atoms with Gasteiger partial charge in [0.15, 0.2) is 0 Å². The first kappa shape index (κ1) is 15.7. The van der Waals surface area contributed by atoms with Gasteiger partial charge in [0.2, 0.25) is 5.91 Å². The number of hydrogen-bond donors (Lipinski definition) is 1. The maximum absolute atomic E-state index is 12.4. The van der Waals surface area contributed by atoms with Gasteiger partial charge in [-0.2, -0.15) is 0 Å². The summed E-state index contributed by atoms with van der Waals surface area (Å²) in [5.41, 5.74) is 0.905. The van der Waals surface area contributed by atoms with Gasteiger partial charge in [-0.15, -0.1) is 12.4 Å². The molecule has 0 aromatic heterocycles. The zero-order chi connectivity index (χ0) is 14.1. The highest BCUT2D eigenvalue weighted by Gasteiger charge is 2.37. The van der Waals surface area contributed by atoms with E-state index in [0.717, 1.165) is 31.5 Å². The van der Waals surface area contributed by atoms with E-state index < -0.39 is 4.92 Å². The monoisotopic (exact) mass is 311 g/mol. The summed E-state index contributed by atoms with van der Waals surface area (Å²) in [6, 6.07) is 6.87. The lowest BCUT2D eigenvalue weighted by Gasteiger charge is -2.32. The van der Waals surface area contributed by atoms with E-state index in [1.807, 2.05) is 11.0 Å². The van der Waals surface area contributed by atoms with Crippen LogP contribution in [0.5, 0.6) is 0 Å². The number of hydrogen-bond acceptors (Lipinski definition) is 4. The lowest BCUT2D eigenvalue weighted by atomic mass is 10.0. The van der Waals surface area contributed by atoms with Gasteiger partial charge in [-0.25, -0.2) is 0 Å². The van der Waals surface area contributed by atoms with Crippen LogP contribution in [0.1, 0.15) is 18.4 Å². The number of carbonyl (C=O) groups is 1. The van der Waals surface area contributed by atoms with Crippen LogP contribution >= 0.6 is 12.4 Å². The lowest BCUT2D eigenvalue weighted by molar-refractivity contribution is -0.384. The Balaban J connectivity index is 0.00000161. The highest BCUT2D eigenvalue weighted by Crippen LogP contribution is 2.30. The fraction of sp³-hybridized carbons (Fsp3) is 0.500. The van der Waals surface area contributed by atoms with Crippen molar-refractivity contribution in [3.63, 3.8) is 0 Å². The molecular formula is C14H18ClN3O3. The standard InChI is InChI=1S/C14H17N3O3.ClH/c18-14(11-7-15-8-11)16(12-4-5-12)9-10-2-1-3-13(6-10)17(19)20;/h1-3,6,11-12,15H,4-5,7-9H2;1H. The molecule has 0 unspecified atom stereocenters. The Labute approximate surface area is 129 Å². The number of nitrogens with one attached hydrogen (secondary N) is 1. The molecule has 0 atom stereocenters. The summed E-state index contributed by atoms with van der Waals surface area (Å²) in [4.78, 5) is 24.7. The van der Waals surface area contributed by atoms with Gasteiger partial charge < -0.3 is 10.2 Å². The lowest BCUT2D eigenvalue weighted by Crippen LogP contribution is -2.52. The van der Waals surface area contributed by atoms with E-state index in [2.05, 4.69) is 5.32 Å². The molecule has 2 fully saturated rings. The van der Waals surface area contributed by atoms with Crippen LogP contribution in [0.4, 0.5) is 5.69 Å². The maximum atomic E-state index is 12.4. The molecule has 1 aromatic carbocycles. The molecule has 6 nitrogen and oxygen atoms in total. The second kappa shape index (κ2) is 6.41. The summed E-state index contributed by atoms with van der Waals surface area (Å²) in [7, 11) is 0. The van der Waals surface area contributed by atoms with Gasteiger partial charge in [0.05, 0.1) is 10.8 Å². The highest BCUT2D eigenvalue weighted by atomic mass is 35.5. The first-order valence-electron chi connectivity index (χ1n) is 6.89. The fourth-order valence-corrected chi connectivity index (χ4v) is 2.44. The van der Waals surface area contributed by atoms with E-state index in [4.69, 9.17) is 0 Å². The van der Waals surface area contributed by atoms with Crippen molar-refractivity contribution in [2.24, 2.45) is 5.92 Å². The molecule has 1 aliphatic heterocycles. The van der Waals surface area contributed by atoms with Gasteiger partial charge >= 0.3 is 0 Å². The van der Waals surface area contributed by atoms with Gasteiger partial charge in [-0.05, 0) is 18.4 Å². The van der Waals surface area contributed by atoms with E-state index in [1.165, 1.54) is 6.07 Å². The number of nitro groups is 1. The third-order valence-electron chi connectivity index (χ3n) is 3.88. The summed E-state index contributed by atoms with van der Waals surface area (Å²) in [6.07, 6.45) is 2.08. The predicted octanol–water partition coefficient (Wildman–Crippen LogP) is 1.73. The van der Waals surface area contributed by atoms with E-state index in [1.54, 1.807) is 12.1 Å². The summed E-state index contributed by atoms with van der Waals surface area (Å²) < 4.78 is 0. The molecule has 1 heterocycles. The number of carbonyl (C=O) groups excluding carboxylic acids is 1.